The highest BCUT2D eigenvalue weighted by molar-refractivity contribution is 9.10. The molecule has 0 amide bonds. The van der Waals surface area contributed by atoms with Gasteiger partial charge in [0.2, 0.25) is 0 Å². The fraction of sp³-hybridized carbons (Fsp3) is 0.333. The number of ether oxygens (including phenoxy) is 1. The predicted molar refractivity (Wildman–Crippen MR) is 226 cm³/mol. The Morgan fingerprint density at radius 2 is 1.14 bits per heavy atom. The molecule has 0 spiro atoms. The molecule has 2 N–H and O–H groups in total. The van der Waals surface area contributed by atoms with E-state index in [0.717, 1.165) is 116 Å². The van der Waals surface area contributed by atoms with E-state index in [1.165, 1.54) is 7.94 Å². The van der Waals surface area contributed by atoms with E-state index in [0.29, 0.717) is 16.2 Å². The van der Waals surface area contributed by atoms with Crippen LogP contribution >= 0.6 is 15.9 Å². The van der Waals surface area contributed by atoms with E-state index in [1.54, 1.807) is 55.9 Å². The fourth-order valence-electron chi connectivity index (χ4n) is 7.39. The SMILES string of the molecule is COc1ccc(S(=O)(=O)n2cc(CN3CCCNCC3)c3cc(Br)ccc32)cc1.Cc1ccc(S(=O)(=O)n2cc(CN3CCCNCC3)c3ccccc32)cc1. The second-order valence-corrected chi connectivity index (χ2v) is 18.9. The highest BCUT2D eigenvalue weighted by Crippen LogP contribution is 2.31. The summed E-state index contributed by atoms with van der Waals surface area (Å²) in [6.07, 6.45) is 5.78. The molecule has 2 aromatic heterocycles. The van der Waals surface area contributed by atoms with Gasteiger partial charge >= 0.3 is 0 Å². The number of nitrogens with zero attached hydrogens (tertiary/aromatic N) is 4. The zero-order chi connectivity index (χ0) is 39.3. The molecule has 8 rings (SSSR count). The lowest BCUT2D eigenvalue weighted by atomic mass is 10.1. The molecular weight excluding hydrogens is 813 g/mol. The van der Waals surface area contributed by atoms with Crippen LogP contribution in [-0.2, 0) is 33.1 Å². The summed E-state index contributed by atoms with van der Waals surface area (Å²) in [6.45, 7) is 11.4. The summed E-state index contributed by atoms with van der Waals surface area (Å²) in [5.74, 6) is 0.626. The molecule has 0 bridgehead atoms. The molecule has 2 aliphatic rings. The number of rotatable bonds is 9. The number of nitrogens with one attached hydrogen (secondary N) is 2. The van der Waals surface area contributed by atoms with Gasteiger partial charge in [-0.3, -0.25) is 9.80 Å². The van der Waals surface area contributed by atoms with Crippen LogP contribution in [0.4, 0.5) is 0 Å². The molecule has 0 unspecified atom stereocenters. The summed E-state index contributed by atoms with van der Waals surface area (Å²) in [4.78, 5) is 5.33. The first kappa shape index (κ1) is 40.2. The van der Waals surface area contributed by atoms with Gasteiger partial charge in [0.1, 0.15) is 5.75 Å². The molecule has 2 aliphatic heterocycles. The number of para-hydroxylation sites is 1. The average molecular weight is 862 g/mol. The quantitative estimate of drug-likeness (QED) is 0.170. The molecule has 2 saturated heterocycles. The van der Waals surface area contributed by atoms with Crippen LogP contribution in [0.25, 0.3) is 21.8 Å². The van der Waals surface area contributed by atoms with Crippen molar-refractivity contribution in [2.75, 3.05) is 59.5 Å². The van der Waals surface area contributed by atoms with Crippen molar-refractivity contribution in [3.63, 3.8) is 0 Å². The van der Waals surface area contributed by atoms with E-state index in [1.807, 2.05) is 61.5 Å². The fourth-order valence-corrected chi connectivity index (χ4v) is 10.5. The molecule has 0 saturated carbocycles. The van der Waals surface area contributed by atoms with Gasteiger partial charge in [-0.2, -0.15) is 0 Å². The van der Waals surface area contributed by atoms with Crippen LogP contribution < -0.4 is 15.4 Å². The predicted octanol–water partition coefficient (Wildman–Crippen LogP) is 6.43. The van der Waals surface area contributed by atoms with Crippen LogP contribution in [0.2, 0.25) is 0 Å². The molecular formula is C42H49BrN6O5S2. The smallest absolute Gasteiger partial charge is 0.268 e. The largest absolute Gasteiger partial charge is 0.497 e. The number of aryl methyl sites for hydroxylation is 1. The van der Waals surface area contributed by atoms with Gasteiger partial charge in [-0.15, -0.1) is 0 Å². The highest BCUT2D eigenvalue weighted by Gasteiger charge is 2.24. The van der Waals surface area contributed by atoms with Gasteiger partial charge < -0.3 is 15.4 Å². The molecule has 0 atom stereocenters. The first-order valence-electron chi connectivity index (χ1n) is 19.0. The van der Waals surface area contributed by atoms with Gasteiger partial charge in [0.25, 0.3) is 20.0 Å². The van der Waals surface area contributed by atoms with E-state index in [9.17, 15) is 16.8 Å². The standard InChI is InChI=1S/C21H24BrN3O3S.C21H25N3O2S/c1-28-18-4-6-19(7-5-18)29(26,27)25-15-16(14-24-11-2-9-23-10-12-24)20-13-17(22)3-8-21(20)25;1-17-7-9-19(10-8-17)27(25,26)24-16-18(20-5-2-3-6-21(20)24)15-23-13-4-11-22-12-14-23/h3-8,13,15,23H,2,9-12,14H2,1H3;2-3,5-10,16,22H,4,11-15H2,1H3. The van der Waals surface area contributed by atoms with Crippen LogP contribution in [-0.4, -0.2) is 94.0 Å². The second-order valence-electron chi connectivity index (χ2n) is 14.3. The minimum Gasteiger partial charge on any atom is -0.497 e. The third kappa shape index (κ3) is 8.91. The van der Waals surface area contributed by atoms with Crippen LogP contribution in [0.3, 0.4) is 0 Å². The zero-order valence-corrected chi connectivity index (χ0v) is 35.0. The Morgan fingerprint density at radius 1 is 0.625 bits per heavy atom. The number of benzene rings is 4. The van der Waals surface area contributed by atoms with Crippen LogP contribution in [0, 0.1) is 6.92 Å². The number of methoxy groups -OCH3 is 1. The Balaban J connectivity index is 0.000000172. The lowest BCUT2D eigenvalue weighted by molar-refractivity contribution is 0.285. The maximum atomic E-state index is 13.4. The zero-order valence-electron chi connectivity index (χ0n) is 31.8. The van der Waals surface area contributed by atoms with E-state index < -0.39 is 20.0 Å². The van der Waals surface area contributed by atoms with Gasteiger partial charge in [-0.1, -0.05) is 51.8 Å². The maximum Gasteiger partial charge on any atom is 0.268 e. The van der Waals surface area contributed by atoms with Crippen molar-refractivity contribution in [2.45, 2.75) is 42.6 Å². The minimum absolute atomic E-state index is 0.239. The maximum absolute atomic E-state index is 13.4. The number of fused-ring (bicyclic) bond motifs is 2. The number of aromatic nitrogens is 2. The van der Waals surface area contributed by atoms with E-state index in [2.05, 4.69) is 36.4 Å². The molecule has 0 aliphatic carbocycles. The number of hydrogen-bond donors (Lipinski definition) is 2. The van der Waals surface area contributed by atoms with Crippen molar-refractivity contribution in [3.05, 3.63) is 125 Å². The van der Waals surface area contributed by atoms with Crippen molar-refractivity contribution >= 4 is 57.8 Å². The summed E-state index contributed by atoms with van der Waals surface area (Å²) in [5, 5.41) is 8.78. The van der Waals surface area contributed by atoms with E-state index in [-0.39, 0.29) is 4.90 Å². The Labute approximate surface area is 338 Å². The summed E-state index contributed by atoms with van der Waals surface area (Å²) in [5.41, 5.74) is 4.54. The van der Waals surface area contributed by atoms with Gasteiger partial charge in [0, 0.05) is 66.9 Å². The van der Waals surface area contributed by atoms with Crippen molar-refractivity contribution in [1.29, 1.82) is 0 Å². The lowest BCUT2D eigenvalue weighted by Gasteiger charge is -2.18. The molecule has 296 valence electrons. The monoisotopic (exact) mass is 860 g/mol. The first-order chi connectivity index (χ1) is 27.0. The van der Waals surface area contributed by atoms with Crippen LogP contribution in [0.15, 0.2) is 118 Å². The highest BCUT2D eigenvalue weighted by atomic mass is 79.9. The average Bonchev–Trinajstić information content (AvgIpc) is 3.47. The Morgan fingerprint density at radius 3 is 1.71 bits per heavy atom. The van der Waals surface area contributed by atoms with Gasteiger partial charge in [-0.25, -0.2) is 24.8 Å². The van der Waals surface area contributed by atoms with Crippen molar-refractivity contribution in [2.24, 2.45) is 0 Å². The summed E-state index contributed by atoms with van der Waals surface area (Å²) in [7, 11) is -5.78. The summed E-state index contributed by atoms with van der Waals surface area (Å²) >= 11 is 3.53. The first-order valence-corrected chi connectivity index (χ1v) is 22.7. The second kappa shape index (κ2) is 17.6. The Hall–Kier alpha value is -4.02. The van der Waals surface area contributed by atoms with Crippen molar-refractivity contribution < 1.29 is 21.6 Å². The molecule has 11 nitrogen and oxygen atoms in total. The molecule has 2 fully saturated rings. The van der Waals surface area contributed by atoms with Gasteiger partial charge in [-0.05, 0) is 118 Å². The van der Waals surface area contributed by atoms with Crippen molar-refractivity contribution in [3.8, 4) is 5.75 Å². The third-order valence-corrected chi connectivity index (χ3v) is 14.3. The molecule has 56 heavy (non-hydrogen) atoms. The van der Waals surface area contributed by atoms with E-state index >= 15 is 0 Å². The molecule has 4 heterocycles. The Kier molecular flexibility index (Phi) is 12.7. The number of halogens is 1. The topological polar surface area (TPSA) is 118 Å². The summed E-state index contributed by atoms with van der Waals surface area (Å²) < 4.78 is 62.2. The lowest BCUT2D eigenvalue weighted by Crippen LogP contribution is -2.27. The molecule has 0 radical (unpaired) electrons. The van der Waals surface area contributed by atoms with Crippen LogP contribution in [0.1, 0.15) is 29.5 Å². The minimum atomic E-state index is -3.72. The van der Waals surface area contributed by atoms with Gasteiger partial charge in [0.15, 0.2) is 0 Å². The van der Waals surface area contributed by atoms with E-state index in [4.69, 9.17) is 4.74 Å². The molecule has 4 aromatic carbocycles. The van der Waals surface area contributed by atoms with Gasteiger partial charge in [0.05, 0.1) is 27.9 Å². The Bertz CT molecular complexity index is 2490. The molecule has 14 heteroatoms. The third-order valence-electron chi connectivity index (χ3n) is 10.4. The van der Waals surface area contributed by atoms with Crippen molar-refractivity contribution in [1.82, 2.24) is 28.4 Å². The summed E-state index contributed by atoms with van der Waals surface area (Å²) in [6, 6.07) is 27.0. The van der Waals surface area contributed by atoms with Crippen LogP contribution in [0.5, 0.6) is 5.75 Å². The molecule has 6 aromatic rings. The number of hydrogen-bond acceptors (Lipinski definition) is 9. The normalized spacial score (nSPS) is 16.3.